The van der Waals surface area contributed by atoms with Crippen molar-refractivity contribution in [1.82, 2.24) is 29.5 Å². The summed E-state index contributed by atoms with van der Waals surface area (Å²) < 4.78 is 35.5. The average molecular weight is 467 g/mol. The number of rotatable bonds is 5. The number of hydrogen-bond acceptors (Lipinski definition) is 9. The number of fused-ring (bicyclic) bond motifs is 1. The fourth-order valence-corrected chi connectivity index (χ4v) is 4.04. The quantitative estimate of drug-likeness (QED) is 0.456. The molecule has 34 heavy (non-hydrogen) atoms. The lowest BCUT2D eigenvalue weighted by Gasteiger charge is -2.29. The van der Waals surface area contributed by atoms with Gasteiger partial charge in [0, 0.05) is 38.3 Å². The third-order valence-corrected chi connectivity index (χ3v) is 5.70. The second kappa shape index (κ2) is 8.78. The molecule has 1 aliphatic heterocycles. The van der Waals surface area contributed by atoms with E-state index in [2.05, 4.69) is 30.2 Å². The number of nitrogen functional groups attached to an aromatic ring is 1. The van der Waals surface area contributed by atoms with E-state index in [0.717, 1.165) is 12.3 Å². The third-order valence-electron chi connectivity index (χ3n) is 5.70. The Morgan fingerprint density at radius 1 is 1.12 bits per heavy atom. The van der Waals surface area contributed by atoms with Crippen molar-refractivity contribution in [1.29, 1.82) is 0 Å². The van der Waals surface area contributed by atoms with Crippen LogP contribution in [0.4, 0.5) is 32.2 Å². The Kier molecular flexibility index (Phi) is 5.65. The number of imidazole rings is 1. The van der Waals surface area contributed by atoms with Gasteiger partial charge in [0.05, 0.1) is 36.8 Å². The second-order valence-electron chi connectivity index (χ2n) is 8.09. The summed E-state index contributed by atoms with van der Waals surface area (Å²) in [5.74, 6) is -0.432. The number of nitrogens with two attached hydrogens (primary N) is 1. The summed E-state index contributed by atoms with van der Waals surface area (Å²) in [6.45, 7) is 4.22. The molecule has 5 rings (SSSR count). The number of halogens is 2. The van der Waals surface area contributed by atoms with Gasteiger partial charge >= 0.3 is 0 Å². The first-order valence-corrected chi connectivity index (χ1v) is 10.8. The minimum Gasteiger partial charge on any atom is -0.378 e. The molecule has 4 aromatic heterocycles. The molecule has 1 unspecified atom stereocenters. The number of anilines is 4. The maximum Gasteiger partial charge on any atom is 0.224 e. The average Bonchev–Trinajstić information content (AvgIpc) is 3.22. The molecule has 4 aromatic rings. The molecule has 1 atom stereocenters. The first-order chi connectivity index (χ1) is 16.4. The molecule has 0 saturated carbocycles. The minimum atomic E-state index is -0.740. The van der Waals surface area contributed by atoms with E-state index in [0.29, 0.717) is 60.4 Å². The van der Waals surface area contributed by atoms with Gasteiger partial charge in [0.25, 0.3) is 0 Å². The molecule has 0 aliphatic carbocycles. The van der Waals surface area contributed by atoms with Crippen molar-refractivity contribution in [2.24, 2.45) is 7.05 Å². The lowest BCUT2D eigenvalue weighted by atomic mass is 9.94. The van der Waals surface area contributed by atoms with E-state index >= 15 is 0 Å². The fraction of sp³-hybridized carbons (Fsp3) is 0.318. The van der Waals surface area contributed by atoms with Crippen LogP contribution in [0.15, 0.2) is 30.9 Å². The van der Waals surface area contributed by atoms with Crippen molar-refractivity contribution >= 4 is 34.4 Å². The molecule has 1 aliphatic rings. The van der Waals surface area contributed by atoms with Crippen LogP contribution in [0.5, 0.6) is 0 Å². The summed E-state index contributed by atoms with van der Waals surface area (Å²) in [6.07, 6.45) is 4.43. The molecular formula is C22H23F2N9O. The van der Waals surface area contributed by atoms with Crippen LogP contribution in [0.25, 0.3) is 11.0 Å². The van der Waals surface area contributed by atoms with Gasteiger partial charge in [-0.05, 0) is 11.6 Å². The highest BCUT2D eigenvalue weighted by molar-refractivity contribution is 5.94. The van der Waals surface area contributed by atoms with Crippen LogP contribution in [0, 0.1) is 11.6 Å². The molecule has 0 radical (unpaired) electrons. The molecule has 3 N–H and O–H groups in total. The highest BCUT2D eigenvalue weighted by Gasteiger charge is 2.25. The Labute approximate surface area is 193 Å². The lowest BCUT2D eigenvalue weighted by Crippen LogP contribution is -2.36. The number of aromatic nitrogens is 6. The van der Waals surface area contributed by atoms with Crippen LogP contribution >= 0.6 is 0 Å². The highest BCUT2D eigenvalue weighted by atomic mass is 19.1. The molecule has 0 amide bonds. The van der Waals surface area contributed by atoms with Crippen molar-refractivity contribution < 1.29 is 13.5 Å². The SMILES string of the molecule is CC(c1ncc(F)cc1F)c1cc(N2CCOCC2)nc2nc(N)nc(Nc3cn(C)cn3)c12. The number of nitrogens with one attached hydrogen (secondary N) is 1. The fourth-order valence-electron chi connectivity index (χ4n) is 4.04. The maximum atomic E-state index is 14.7. The number of ether oxygens (including phenoxy) is 1. The molecule has 1 saturated heterocycles. The van der Waals surface area contributed by atoms with E-state index < -0.39 is 17.6 Å². The number of nitrogens with zero attached hydrogens (tertiary/aromatic N) is 7. The topological polar surface area (TPSA) is 120 Å². The molecule has 5 heterocycles. The van der Waals surface area contributed by atoms with E-state index in [4.69, 9.17) is 15.5 Å². The molecule has 0 aromatic carbocycles. The summed E-state index contributed by atoms with van der Waals surface area (Å²) in [5.41, 5.74) is 7.13. The zero-order chi connectivity index (χ0) is 23.8. The Hall–Kier alpha value is -3.93. The zero-order valence-electron chi connectivity index (χ0n) is 18.7. The van der Waals surface area contributed by atoms with Gasteiger partial charge < -0.3 is 25.3 Å². The van der Waals surface area contributed by atoms with Gasteiger partial charge in [0.2, 0.25) is 5.95 Å². The van der Waals surface area contributed by atoms with Crippen LogP contribution in [-0.4, -0.2) is 55.8 Å². The summed E-state index contributed by atoms with van der Waals surface area (Å²) in [4.78, 5) is 23.9. The van der Waals surface area contributed by atoms with Crippen LogP contribution in [0.1, 0.15) is 24.1 Å². The van der Waals surface area contributed by atoms with E-state index in [9.17, 15) is 8.78 Å². The highest BCUT2D eigenvalue weighted by Crippen LogP contribution is 2.36. The summed E-state index contributed by atoms with van der Waals surface area (Å²) >= 11 is 0. The van der Waals surface area contributed by atoms with Gasteiger partial charge in [-0.25, -0.2) is 18.7 Å². The largest absolute Gasteiger partial charge is 0.378 e. The number of pyridine rings is 2. The number of morpholine rings is 1. The van der Waals surface area contributed by atoms with E-state index in [1.807, 2.05) is 13.1 Å². The Morgan fingerprint density at radius 3 is 2.62 bits per heavy atom. The molecule has 10 nitrogen and oxygen atoms in total. The molecule has 0 spiro atoms. The van der Waals surface area contributed by atoms with Gasteiger partial charge in [0.15, 0.2) is 5.65 Å². The molecule has 12 heteroatoms. The molecular weight excluding hydrogens is 444 g/mol. The maximum absolute atomic E-state index is 14.7. The van der Waals surface area contributed by atoms with Crippen LogP contribution in [0.3, 0.4) is 0 Å². The van der Waals surface area contributed by atoms with E-state index in [1.165, 1.54) is 0 Å². The predicted molar refractivity (Wildman–Crippen MR) is 123 cm³/mol. The van der Waals surface area contributed by atoms with Crippen LogP contribution in [-0.2, 0) is 11.8 Å². The van der Waals surface area contributed by atoms with Crippen LogP contribution < -0.4 is 16.0 Å². The van der Waals surface area contributed by atoms with Gasteiger partial charge in [0.1, 0.15) is 29.1 Å². The third kappa shape index (κ3) is 4.19. The monoisotopic (exact) mass is 467 g/mol. The van der Waals surface area contributed by atoms with E-state index in [1.54, 1.807) is 24.0 Å². The van der Waals surface area contributed by atoms with Gasteiger partial charge in [-0.1, -0.05) is 6.92 Å². The predicted octanol–water partition coefficient (Wildman–Crippen LogP) is 2.75. The van der Waals surface area contributed by atoms with Crippen molar-refractivity contribution in [2.45, 2.75) is 12.8 Å². The number of aryl methyl sites for hydroxylation is 1. The molecule has 1 fully saturated rings. The standard InChI is InChI=1S/C22H23F2N9O/c1-12(19-15(24)7-13(23)9-26-19)14-8-17(33-3-5-34-6-4-33)29-21-18(14)20(30-22(25)31-21)28-16-10-32(2)11-27-16/h7-12H,3-6H2,1-2H3,(H3,25,28,29,30,31). The van der Waals surface area contributed by atoms with Crippen molar-refractivity contribution in [3.05, 3.63) is 53.7 Å². The lowest BCUT2D eigenvalue weighted by molar-refractivity contribution is 0.122. The first-order valence-electron chi connectivity index (χ1n) is 10.8. The van der Waals surface area contributed by atoms with Gasteiger partial charge in [-0.3, -0.25) is 4.98 Å². The minimum absolute atomic E-state index is 0.0299. The Bertz CT molecular complexity index is 1350. The zero-order valence-corrected chi connectivity index (χ0v) is 18.7. The summed E-state index contributed by atoms with van der Waals surface area (Å²) in [7, 11) is 1.84. The van der Waals surface area contributed by atoms with Crippen molar-refractivity contribution in [3.63, 3.8) is 0 Å². The Balaban J connectivity index is 1.71. The van der Waals surface area contributed by atoms with Gasteiger partial charge in [-0.2, -0.15) is 9.97 Å². The summed E-state index contributed by atoms with van der Waals surface area (Å²) in [6, 6.07) is 2.69. The Morgan fingerprint density at radius 2 is 1.91 bits per heavy atom. The van der Waals surface area contributed by atoms with Crippen LogP contribution in [0.2, 0.25) is 0 Å². The first kappa shape index (κ1) is 21.9. The second-order valence-corrected chi connectivity index (χ2v) is 8.09. The van der Waals surface area contributed by atoms with E-state index in [-0.39, 0.29) is 11.6 Å². The normalized spacial score (nSPS) is 15.0. The molecule has 176 valence electrons. The van der Waals surface area contributed by atoms with Gasteiger partial charge in [-0.15, -0.1) is 0 Å². The smallest absolute Gasteiger partial charge is 0.224 e. The van der Waals surface area contributed by atoms with Crippen molar-refractivity contribution in [2.75, 3.05) is 42.3 Å². The van der Waals surface area contributed by atoms with Crippen molar-refractivity contribution in [3.8, 4) is 0 Å². The summed E-state index contributed by atoms with van der Waals surface area (Å²) in [5, 5.41) is 3.72. The number of hydrogen-bond donors (Lipinski definition) is 2. The molecule has 0 bridgehead atoms.